The minimum Gasteiger partial charge on any atom is -0.481 e. The molecule has 0 saturated heterocycles. The van der Waals surface area contributed by atoms with Gasteiger partial charge in [0, 0.05) is 26.0 Å². The van der Waals surface area contributed by atoms with Crippen molar-refractivity contribution in [1.29, 1.82) is 0 Å². The molecule has 1 rings (SSSR count). The maximum absolute atomic E-state index is 11.6. The Balaban J connectivity index is 3.15. The van der Waals surface area contributed by atoms with Crippen LogP contribution in [0.3, 0.4) is 0 Å². The number of aliphatic hydroxyl groups is 1. The van der Waals surface area contributed by atoms with Crippen molar-refractivity contribution < 1.29 is 24.5 Å². The lowest BCUT2D eigenvalue weighted by Gasteiger charge is -2.42. The maximum atomic E-state index is 11.6. The molecule has 1 aliphatic carbocycles. The molecule has 22 heavy (non-hydrogen) atoms. The molecule has 1 aliphatic rings. The number of rotatable bonds is 7. The molecule has 0 radical (unpaired) electrons. The van der Waals surface area contributed by atoms with Crippen LogP contribution in [-0.4, -0.2) is 53.0 Å². The second kappa shape index (κ2) is 7.39. The van der Waals surface area contributed by atoms with Crippen molar-refractivity contribution in [3.63, 3.8) is 0 Å². The fraction of sp³-hybridized carbons (Fsp3) is 0.867. The molecule has 7 nitrogen and oxygen atoms in total. The van der Waals surface area contributed by atoms with Crippen LogP contribution in [0.1, 0.15) is 40.0 Å². The molecule has 1 fully saturated rings. The lowest BCUT2D eigenvalue weighted by atomic mass is 9.78. The van der Waals surface area contributed by atoms with Crippen molar-refractivity contribution >= 4 is 11.9 Å². The summed E-state index contributed by atoms with van der Waals surface area (Å²) < 4.78 is 5.62. The molecule has 6 unspecified atom stereocenters. The number of hydrogen-bond donors (Lipinski definition) is 4. The van der Waals surface area contributed by atoms with Crippen LogP contribution in [0.15, 0.2) is 0 Å². The first-order valence-electron chi connectivity index (χ1n) is 7.66. The Morgan fingerprint density at radius 1 is 1.50 bits per heavy atom. The minimum absolute atomic E-state index is 0.184. The van der Waals surface area contributed by atoms with E-state index in [1.165, 1.54) is 6.92 Å². The summed E-state index contributed by atoms with van der Waals surface area (Å²) in [4.78, 5) is 22.9. The molecular formula is C15H28N2O5. The number of carboxylic acid groups (broad SMARTS) is 1. The zero-order valence-electron chi connectivity index (χ0n) is 13.7. The van der Waals surface area contributed by atoms with Gasteiger partial charge in [0.1, 0.15) is 0 Å². The molecule has 0 bridgehead atoms. The summed E-state index contributed by atoms with van der Waals surface area (Å²) in [6.45, 7) is 5.23. The Hall–Kier alpha value is -1.18. The summed E-state index contributed by atoms with van der Waals surface area (Å²) in [5, 5.41) is 22.5. The number of nitrogens with one attached hydrogen (secondary N) is 1. The Morgan fingerprint density at radius 2 is 2.09 bits per heavy atom. The number of carbonyl (C=O) groups excluding carboxylic acids is 1. The number of hydrogen-bond acceptors (Lipinski definition) is 5. The lowest BCUT2D eigenvalue weighted by molar-refractivity contribution is -0.146. The van der Waals surface area contributed by atoms with Crippen LogP contribution in [-0.2, 0) is 14.3 Å². The Kier molecular flexibility index (Phi) is 6.34. The van der Waals surface area contributed by atoms with Gasteiger partial charge in [-0.25, -0.2) is 0 Å². The molecule has 0 aliphatic heterocycles. The molecule has 6 atom stereocenters. The van der Waals surface area contributed by atoms with E-state index in [2.05, 4.69) is 5.32 Å². The van der Waals surface area contributed by atoms with Crippen molar-refractivity contribution in [3.05, 3.63) is 0 Å². The molecule has 1 saturated carbocycles. The quantitative estimate of drug-likeness (QED) is 0.528. The Labute approximate surface area is 131 Å². The molecule has 5 N–H and O–H groups in total. The van der Waals surface area contributed by atoms with Gasteiger partial charge in [-0.3, -0.25) is 9.59 Å². The van der Waals surface area contributed by atoms with E-state index in [1.54, 1.807) is 7.11 Å². The zero-order chi connectivity index (χ0) is 17.1. The van der Waals surface area contributed by atoms with Gasteiger partial charge in [-0.2, -0.15) is 0 Å². The van der Waals surface area contributed by atoms with E-state index in [-0.39, 0.29) is 12.3 Å². The van der Waals surface area contributed by atoms with Gasteiger partial charge >= 0.3 is 5.97 Å². The van der Waals surface area contributed by atoms with Crippen LogP contribution in [0.25, 0.3) is 0 Å². The monoisotopic (exact) mass is 316 g/mol. The third-order valence-electron chi connectivity index (χ3n) is 4.76. The van der Waals surface area contributed by atoms with Crippen LogP contribution in [0.2, 0.25) is 0 Å². The van der Waals surface area contributed by atoms with E-state index in [0.29, 0.717) is 6.42 Å². The Morgan fingerprint density at radius 3 is 2.45 bits per heavy atom. The highest BCUT2D eigenvalue weighted by Crippen LogP contribution is 2.38. The van der Waals surface area contributed by atoms with Crippen molar-refractivity contribution in [2.24, 2.45) is 17.6 Å². The lowest BCUT2D eigenvalue weighted by Crippen LogP contribution is -2.60. The van der Waals surface area contributed by atoms with E-state index >= 15 is 0 Å². The average molecular weight is 316 g/mol. The number of aliphatic carboxylic acids is 1. The fourth-order valence-electron chi connectivity index (χ4n) is 3.56. The fourth-order valence-corrected chi connectivity index (χ4v) is 3.56. The molecule has 128 valence electrons. The average Bonchev–Trinajstić information content (AvgIpc) is 2.71. The molecular weight excluding hydrogens is 288 g/mol. The number of ether oxygens (including phenoxy) is 1. The summed E-state index contributed by atoms with van der Waals surface area (Å²) >= 11 is 0. The second-order valence-electron chi connectivity index (χ2n) is 6.36. The molecule has 0 heterocycles. The van der Waals surface area contributed by atoms with E-state index in [1.807, 2.05) is 13.8 Å². The zero-order valence-corrected chi connectivity index (χ0v) is 13.7. The summed E-state index contributed by atoms with van der Waals surface area (Å²) in [7, 11) is 1.55. The van der Waals surface area contributed by atoms with Crippen molar-refractivity contribution in [1.82, 2.24) is 5.32 Å². The number of amides is 1. The van der Waals surface area contributed by atoms with Gasteiger partial charge in [0.2, 0.25) is 5.91 Å². The SMILES string of the molecule is CCCC(C)(OC)C(NC(C)=O)C1C(N)CC(C(=O)O)C1O. The van der Waals surface area contributed by atoms with Crippen LogP contribution < -0.4 is 11.1 Å². The molecule has 0 aromatic carbocycles. The summed E-state index contributed by atoms with van der Waals surface area (Å²) in [5.41, 5.74) is 5.37. The van der Waals surface area contributed by atoms with Gasteiger partial charge in [-0.05, 0) is 19.8 Å². The first-order valence-corrected chi connectivity index (χ1v) is 7.66. The molecule has 0 aromatic heterocycles. The van der Waals surface area contributed by atoms with Crippen molar-refractivity contribution in [3.8, 4) is 0 Å². The van der Waals surface area contributed by atoms with Crippen molar-refractivity contribution in [2.75, 3.05) is 7.11 Å². The molecule has 7 heteroatoms. The highest BCUT2D eigenvalue weighted by Gasteiger charge is 2.52. The van der Waals surface area contributed by atoms with E-state index in [0.717, 1.165) is 6.42 Å². The predicted molar refractivity (Wildman–Crippen MR) is 81.1 cm³/mol. The number of methoxy groups -OCH3 is 1. The van der Waals surface area contributed by atoms with E-state index in [4.69, 9.17) is 10.5 Å². The first-order chi connectivity index (χ1) is 10.2. The van der Waals surface area contributed by atoms with E-state index < -0.39 is 41.6 Å². The molecule has 0 aromatic rings. The van der Waals surface area contributed by atoms with Gasteiger partial charge in [0.25, 0.3) is 0 Å². The van der Waals surface area contributed by atoms with Gasteiger partial charge < -0.3 is 26.0 Å². The second-order valence-corrected chi connectivity index (χ2v) is 6.36. The van der Waals surface area contributed by atoms with Gasteiger partial charge in [0.15, 0.2) is 0 Å². The highest BCUT2D eigenvalue weighted by molar-refractivity contribution is 5.74. The van der Waals surface area contributed by atoms with Crippen molar-refractivity contribution in [2.45, 2.75) is 63.8 Å². The van der Waals surface area contributed by atoms with Crippen LogP contribution in [0.5, 0.6) is 0 Å². The number of carbonyl (C=O) groups is 2. The topological polar surface area (TPSA) is 122 Å². The minimum atomic E-state index is -1.12. The van der Waals surface area contributed by atoms with Gasteiger partial charge in [0.05, 0.1) is 23.7 Å². The normalized spacial score (nSPS) is 32.3. The summed E-state index contributed by atoms with van der Waals surface area (Å²) in [5.74, 6) is -2.82. The first kappa shape index (κ1) is 18.9. The van der Waals surface area contributed by atoms with Gasteiger partial charge in [-0.1, -0.05) is 13.3 Å². The largest absolute Gasteiger partial charge is 0.481 e. The maximum Gasteiger partial charge on any atom is 0.309 e. The van der Waals surface area contributed by atoms with Crippen LogP contribution in [0, 0.1) is 11.8 Å². The third-order valence-corrected chi connectivity index (χ3v) is 4.76. The van der Waals surface area contributed by atoms with E-state index in [9.17, 15) is 19.8 Å². The summed E-state index contributed by atoms with van der Waals surface area (Å²) in [6.07, 6.45) is 0.544. The molecule has 0 spiro atoms. The smallest absolute Gasteiger partial charge is 0.309 e. The van der Waals surface area contributed by atoms with Crippen LogP contribution in [0.4, 0.5) is 0 Å². The highest BCUT2D eigenvalue weighted by atomic mass is 16.5. The molecule has 1 amide bonds. The van der Waals surface area contributed by atoms with Gasteiger partial charge in [-0.15, -0.1) is 0 Å². The number of carboxylic acids is 1. The summed E-state index contributed by atoms with van der Waals surface area (Å²) in [6, 6.07) is -1.07. The van der Waals surface area contributed by atoms with Crippen LogP contribution >= 0.6 is 0 Å². The number of nitrogens with two attached hydrogens (primary N) is 1. The third kappa shape index (κ3) is 3.77. The predicted octanol–water partition coefficient (Wildman–Crippen LogP) is 0.105. The standard InChI is InChI=1S/C15H28N2O5/c1-5-6-15(3,22-4)13(17-8(2)18)11-10(16)7-9(12(11)19)14(20)21/h9-13,19H,5-7,16H2,1-4H3,(H,17,18)(H,20,21). The number of aliphatic hydroxyl groups excluding tert-OH is 1. The Bertz CT molecular complexity index is 417.